The number of hydrogen-bond acceptors (Lipinski definition) is 5. The first-order valence-corrected chi connectivity index (χ1v) is 9.04. The van der Waals surface area contributed by atoms with Crippen LogP contribution in [-0.2, 0) is 10.1 Å². The SMILES string of the molecule is Cc1ccc(S(=O)(=O)Oc2nc(C3CC3)c(Br)cc2N)cc1. The average molecular weight is 383 g/mol. The smallest absolute Gasteiger partial charge is 0.340 e. The van der Waals surface area contributed by atoms with Gasteiger partial charge in [0.15, 0.2) is 0 Å². The first-order chi connectivity index (χ1) is 10.4. The molecule has 116 valence electrons. The van der Waals surface area contributed by atoms with Gasteiger partial charge in [0.2, 0.25) is 0 Å². The highest BCUT2D eigenvalue weighted by Crippen LogP contribution is 2.44. The van der Waals surface area contributed by atoms with Crippen LogP contribution in [0, 0.1) is 6.92 Å². The van der Waals surface area contributed by atoms with E-state index in [4.69, 9.17) is 9.92 Å². The maximum absolute atomic E-state index is 12.3. The van der Waals surface area contributed by atoms with Crippen LogP contribution >= 0.6 is 15.9 Å². The summed E-state index contributed by atoms with van der Waals surface area (Å²) in [6, 6.07) is 8.07. The minimum Gasteiger partial charge on any atom is -0.394 e. The summed E-state index contributed by atoms with van der Waals surface area (Å²) in [5.74, 6) is 0.282. The van der Waals surface area contributed by atoms with Crippen LogP contribution in [0.25, 0.3) is 0 Å². The Morgan fingerprint density at radius 2 is 1.91 bits per heavy atom. The van der Waals surface area contributed by atoms with Crippen LogP contribution in [0.3, 0.4) is 0 Å². The molecule has 2 aromatic rings. The molecule has 1 aromatic carbocycles. The number of aromatic nitrogens is 1. The molecular weight excluding hydrogens is 368 g/mol. The number of nitrogens with two attached hydrogens (primary N) is 1. The molecule has 7 heteroatoms. The van der Waals surface area contributed by atoms with Crippen molar-refractivity contribution in [2.75, 3.05) is 5.73 Å². The second-order valence-corrected chi connectivity index (χ2v) is 7.78. The van der Waals surface area contributed by atoms with Crippen molar-refractivity contribution < 1.29 is 12.6 Å². The summed E-state index contributed by atoms with van der Waals surface area (Å²) in [6.45, 7) is 1.88. The fraction of sp³-hybridized carbons (Fsp3) is 0.267. The molecule has 5 nitrogen and oxygen atoms in total. The van der Waals surface area contributed by atoms with Crippen molar-refractivity contribution in [1.29, 1.82) is 0 Å². The highest BCUT2D eigenvalue weighted by molar-refractivity contribution is 9.10. The number of nitrogens with zero attached hydrogens (tertiary/aromatic N) is 1. The normalized spacial score (nSPS) is 14.8. The number of nitrogen functional groups attached to an aromatic ring is 1. The molecule has 1 aliphatic rings. The van der Waals surface area contributed by atoms with E-state index < -0.39 is 10.1 Å². The molecule has 22 heavy (non-hydrogen) atoms. The van der Waals surface area contributed by atoms with Crippen molar-refractivity contribution in [3.63, 3.8) is 0 Å². The predicted octanol–water partition coefficient (Wildman–Crippen LogP) is 3.38. The summed E-state index contributed by atoms with van der Waals surface area (Å²) in [4.78, 5) is 4.37. The molecular formula is C15H15BrN2O3S. The molecule has 0 saturated heterocycles. The lowest BCUT2D eigenvalue weighted by atomic mass is 10.2. The Balaban J connectivity index is 1.95. The fourth-order valence-corrected chi connectivity index (χ4v) is 3.63. The first kappa shape index (κ1) is 15.3. The van der Waals surface area contributed by atoms with Gasteiger partial charge in [-0.1, -0.05) is 17.7 Å². The minimum absolute atomic E-state index is 0.0642. The lowest BCUT2D eigenvalue weighted by molar-refractivity contribution is 0.476. The molecule has 1 fully saturated rings. The summed E-state index contributed by atoms with van der Waals surface area (Å²) in [6.07, 6.45) is 2.08. The van der Waals surface area contributed by atoms with Gasteiger partial charge in [0, 0.05) is 10.4 Å². The van der Waals surface area contributed by atoms with Gasteiger partial charge in [0.1, 0.15) is 4.90 Å². The third kappa shape index (κ3) is 3.10. The molecule has 3 rings (SSSR count). The number of pyridine rings is 1. The lowest BCUT2D eigenvalue weighted by Gasteiger charge is -2.11. The molecule has 1 aliphatic carbocycles. The van der Waals surface area contributed by atoms with E-state index in [1.165, 1.54) is 12.1 Å². The maximum Gasteiger partial charge on any atom is 0.340 e. The van der Waals surface area contributed by atoms with Crippen molar-refractivity contribution >= 4 is 31.7 Å². The lowest BCUT2D eigenvalue weighted by Crippen LogP contribution is -2.12. The van der Waals surface area contributed by atoms with Crippen molar-refractivity contribution in [2.24, 2.45) is 0 Å². The van der Waals surface area contributed by atoms with Crippen LogP contribution in [0.2, 0.25) is 0 Å². The highest BCUT2D eigenvalue weighted by Gasteiger charge is 2.29. The van der Waals surface area contributed by atoms with E-state index >= 15 is 0 Å². The van der Waals surface area contributed by atoms with Crippen molar-refractivity contribution in [1.82, 2.24) is 4.98 Å². The van der Waals surface area contributed by atoms with Crippen LogP contribution in [0.1, 0.15) is 30.0 Å². The van der Waals surface area contributed by atoms with Crippen molar-refractivity contribution in [3.05, 3.63) is 46.1 Å². The largest absolute Gasteiger partial charge is 0.394 e. The van der Waals surface area contributed by atoms with E-state index in [0.29, 0.717) is 5.92 Å². The van der Waals surface area contributed by atoms with E-state index in [2.05, 4.69) is 20.9 Å². The number of benzene rings is 1. The topological polar surface area (TPSA) is 82.3 Å². The Bertz CT molecular complexity index is 815. The summed E-state index contributed by atoms with van der Waals surface area (Å²) < 4.78 is 30.6. The zero-order chi connectivity index (χ0) is 15.9. The second kappa shape index (κ2) is 5.55. The van der Waals surface area contributed by atoms with Gasteiger partial charge in [0.25, 0.3) is 5.88 Å². The van der Waals surface area contributed by atoms with Gasteiger partial charge >= 0.3 is 10.1 Å². The van der Waals surface area contributed by atoms with Crippen molar-refractivity contribution in [3.8, 4) is 5.88 Å². The second-order valence-electron chi connectivity index (χ2n) is 5.37. The Hall–Kier alpha value is -1.60. The number of hydrogen-bond donors (Lipinski definition) is 1. The van der Waals surface area contributed by atoms with E-state index in [-0.39, 0.29) is 16.5 Å². The standard InChI is InChI=1S/C15H15BrN2O3S/c1-9-2-6-11(7-3-9)22(19,20)21-15-13(17)8-12(16)14(18-15)10-4-5-10/h2-3,6-8,10H,4-5,17H2,1H3. The van der Waals surface area contributed by atoms with Gasteiger partial charge in [-0.25, -0.2) is 4.98 Å². The van der Waals surface area contributed by atoms with Gasteiger partial charge in [-0.3, -0.25) is 0 Å². The molecule has 1 aromatic heterocycles. The predicted molar refractivity (Wildman–Crippen MR) is 87.3 cm³/mol. The van der Waals surface area contributed by atoms with Gasteiger partial charge in [0.05, 0.1) is 11.4 Å². The van der Waals surface area contributed by atoms with Crippen LogP contribution in [-0.4, -0.2) is 13.4 Å². The zero-order valence-corrected chi connectivity index (χ0v) is 14.3. The average Bonchev–Trinajstić information content (AvgIpc) is 3.26. The maximum atomic E-state index is 12.3. The summed E-state index contributed by atoms with van der Waals surface area (Å²) in [5, 5.41) is 0. The molecule has 1 heterocycles. The van der Waals surface area contributed by atoms with E-state index in [1.54, 1.807) is 18.2 Å². The third-order valence-electron chi connectivity index (χ3n) is 3.46. The summed E-state index contributed by atoms with van der Waals surface area (Å²) in [7, 11) is -3.95. The van der Waals surface area contributed by atoms with Gasteiger partial charge < -0.3 is 9.92 Å². The number of rotatable bonds is 4. The minimum atomic E-state index is -3.95. The van der Waals surface area contributed by atoms with Crippen LogP contribution in [0.4, 0.5) is 5.69 Å². The zero-order valence-electron chi connectivity index (χ0n) is 11.9. The monoisotopic (exact) mass is 382 g/mol. The Kier molecular flexibility index (Phi) is 3.86. The van der Waals surface area contributed by atoms with Crippen LogP contribution < -0.4 is 9.92 Å². The molecule has 0 unspecified atom stereocenters. The van der Waals surface area contributed by atoms with Gasteiger partial charge in [-0.2, -0.15) is 8.42 Å². The number of halogens is 1. The quantitative estimate of drug-likeness (QED) is 0.819. The summed E-state index contributed by atoms with van der Waals surface area (Å²) >= 11 is 3.41. The molecule has 0 aliphatic heterocycles. The Morgan fingerprint density at radius 1 is 1.27 bits per heavy atom. The molecule has 1 saturated carbocycles. The van der Waals surface area contributed by atoms with Gasteiger partial charge in [-0.05, 0) is 53.9 Å². The number of anilines is 1. The molecule has 0 atom stereocenters. The van der Waals surface area contributed by atoms with Crippen molar-refractivity contribution in [2.45, 2.75) is 30.6 Å². The highest BCUT2D eigenvalue weighted by atomic mass is 79.9. The Morgan fingerprint density at radius 3 is 2.50 bits per heavy atom. The van der Waals surface area contributed by atoms with E-state index in [1.807, 2.05) is 6.92 Å². The molecule has 0 bridgehead atoms. The van der Waals surface area contributed by atoms with Crippen LogP contribution in [0.15, 0.2) is 39.7 Å². The summed E-state index contributed by atoms with van der Waals surface area (Å²) in [5.41, 5.74) is 7.79. The molecule has 2 N–H and O–H groups in total. The molecule has 0 radical (unpaired) electrons. The third-order valence-corrected chi connectivity index (χ3v) is 5.32. The van der Waals surface area contributed by atoms with E-state index in [0.717, 1.165) is 28.6 Å². The fourth-order valence-electron chi connectivity index (χ4n) is 2.07. The molecule has 0 amide bonds. The Labute approximate surface area is 137 Å². The number of aryl methyl sites for hydroxylation is 1. The first-order valence-electron chi connectivity index (χ1n) is 6.84. The molecule has 0 spiro atoms. The van der Waals surface area contributed by atoms with Gasteiger partial charge in [-0.15, -0.1) is 0 Å². The van der Waals surface area contributed by atoms with Crippen LogP contribution in [0.5, 0.6) is 5.88 Å². The van der Waals surface area contributed by atoms with E-state index in [9.17, 15) is 8.42 Å².